The molecule has 90 valence electrons. The highest BCUT2D eigenvalue weighted by Crippen LogP contribution is 2.58. The summed E-state index contributed by atoms with van der Waals surface area (Å²) < 4.78 is 0. The summed E-state index contributed by atoms with van der Waals surface area (Å²) in [7, 11) is 0. The van der Waals surface area contributed by atoms with Gasteiger partial charge in [-0.2, -0.15) is 0 Å². The third-order valence-electron chi connectivity index (χ3n) is 4.16. The summed E-state index contributed by atoms with van der Waals surface area (Å²) in [5.74, 6) is 2.85. The fourth-order valence-electron chi connectivity index (χ4n) is 2.71. The normalized spacial score (nSPS) is 30.2. The summed E-state index contributed by atoms with van der Waals surface area (Å²) in [5, 5.41) is 0. The largest absolute Gasteiger partial charge is 0.0628 e. The van der Waals surface area contributed by atoms with Crippen molar-refractivity contribution in [3.63, 3.8) is 0 Å². The predicted molar refractivity (Wildman–Crippen MR) is 69.0 cm³/mol. The van der Waals surface area contributed by atoms with Gasteiger partial charge in [-0.05, 0) is 42.4 Å². The Morgan fingerprint density at radius 1 is 1.07 bits per heavy atom. The van der Waals surface area contributed by atoms with Crippen LogP contribution in [0.2, 0.25) is 0 Å². The molecule has 1 aliphatic rings. The van der Waals surface area contributed by atoms with Gasteiger partial charge in [-0.15, -0.1) is 0 Å². The molecule has 0 heteroatoms. The van der Waals surface area contributed by atoms with Gasteiger partial charge >= 0.3 is 0 Å². The van der Waals surface area contributed by atoms with Gasteiger partial charge in [0.05, 0.1) is 0 Å². The molecule has 0 aliphatic heterocycles. The molecule has 0 saturated heterocycles. The fraction of sp³-hybridized carbons (Fsp3) is 1.00. The third-order valence-corrected chi connectivity index (χ3v) is 4.16. The first-order valence-electron chi connectivity index (χ1n) is 6.94. The van der Waals surface area contributed by atoms with Gasteiger partial charge in [0.25, 0.3) is 0 Å². The smallest absolute Gasteiger partial charge is 0.0294 e. The second-order valence-electron chi connectivity index (χ2n) is 6.81. The monoisotopic (exact) mass is 210 g/mol. The van der Waals surface area contributed by atoms with Crippen LogP contribution in [-0.2, 0) is 0 Å². The summed E-state index contributed by atoms with van der Waals surface area (Å²) in [5.41, 5.74) is 0.740. The molecular formula is C15H30. The minimum absolute atomic E-state index is 0.740. The van der Waals surface area contributed by atoms with Crippen LogP contribution in [0.3, 0.4) is 0 Å². The molecular weight excluding hydrogens is 180 g/mol. The van der Waals surface area contributed by atoms with E-state index in [1.807, 2.05) is 0 Å². The standard InChI is InChI=1S/C15H30/c1-12(2)7-6-10-15(5)11-14(15)9-8-13(3)4/h12-14H,6-11H2,1-5H3. The molecule has 0 spiro atoms. The number of hydrogen-bond acceptors (Lipinski definition) is 0. The van der Waals surface area contributed by atoms with E-state index < -0.39 is 0 Å². The number of rotatable bonds is 7. The van der Waals surface area contributed by atoms with Crippen LogP contribution < -0.4 is 0 Å². The van der Waals surface area contributed by atoms with Gasteiger partial charge in [-0.1, -0.05) is 53.9 Å². The molecule has 1 saturated carbocycles. The van der Waals surface area contributed by atoms with Gasteiger partial charge in [0, 0.05) is 0 Å². The second-order valence-corrected chi connectivity index (χ2v) is 6.81. The zero-order chi connectivity index (χ0) is 11.5. The van der Waals surface area contributed by atoms with Crippen molar-refractivity contribution in [2.75, 3.05) is 0 Å². The average Bonchev–Trinajstić information content (AvgIpc) is 2.73. The Balaban J connectivity index is 2.10. The second kappa shape index (κ2) is 5.37. The van der Waals surface area contributed by atoms with Crippen LogP contribution in [0, 0.1) is 23.2 Å². The Kier molecular flexibility index (Phi) is 4.67. The van der Waals surface area contributed by atoms with E-state index in [9.17, 15) is 0 Å². The third kappa shape index (κ3) is 4.57. The van der Waals surface area contributed by atoms with Gasteiger partial charge in [0.2, 0.25) is 0 Å². The van der Waals surface area contributed by atoms with Gasteiger partial charge in [0.15, 0.2) is 0 Å². The molecule has 15 heavy (non-hydrogen) atoms. The molecule has 0 amide bonds. The van der Waals surface area contributed by atoms with E-state index in [2.05, 4.69) is 34.6 Å². The maximum absolute atomic E-state index is 2.51. The number of hydrogen-bond donors (Lipinski definition) is 0. The average molecular weight is 210 g/mol. The SMILES string of the molecule is CC(C)CCCC1(C)CC1CCC(C)C. The molecule has 1 rings (SSSR count). The Labute approximate surface area is 96.8 Å². The fourth-order valence-corrected chi connectivity index (χ4v) is 2.71. The molecule has 0 heterocycles. The van der Waals surface area contributed by atoms with Crippen LogP contribution in [0.1, 0.15) is 73.1 Å². The first kappa shape index (κ1) is 13.1. The van der Waals surface area contributed by atoms with Gasteiger partial charge in [-0.25, -0.2) is 0 Å². The first-order valence-corrected chi connectivity index (χ1v) is 6.94. The predicted octanol–water partition coefficient (Wildman–Crippen LogP) is 5.28. The quantitative estimate of drug-likeness (QED) is 0.536. The molecule has 0 aromatic carbocycles. The van der Waals surface area contributed by atoms with E-state index in [1.54, 1.807) is 0 Å². The highest BCUT2D eigenvalue weighted by atomic mass is 14.5. The summed E-state index contributed by atoms with van der Waals surface area (Å²) in [6, 6.07) is 0. The highest BCUT2D eigenvalue weighted by molar-refractivity contribution is 4.98. The van der Waals surface area contributed by atoms with Crippen LogP contribution in [-0.4, -0.2) is 0 Å². The molecule has 1 fully saturated rings. The van der Waals surface area contributed by atoms with Crippen molar-refractivity contribution in [3.8, 4) is 0 Å². The van der Waals surface area contributed by atoms with E-state index in [0.717, 1.165) is 23.2 Å². The maximum Gasteiger partial charge on any atom is -0.0294 e. The molecule has 0 N–H and O–H groups in total. The molecule has 0 nitrogen and oxygen atoms in total. The van der Waals surface area contributed by atoms with Crippen molar-refractivity contribution in [1.82, 2.24) is 0 Å². The summed E-state index contributed by atoms with van der Waals surface area (Å²) >= 11 is 0. The Bertz CT molecular complexity index is 180. The van der Waals surface area contributed by atoms with Crippen LogP contribution in [0.25, 0.3) is 0 Å². The first-order chi connectivity index (χ1) is 6.94. The molecule has 0 aromatic heterocycles. The minimum atomic E-state index is 0.740. The van der Waals surface area contributed by atoms with Crippen molar-refractivity contribution in [1.29, 1.82) is 0 Å². The summed E-state index contributed by atoms with van der Waals surface area (Å²) in [4.78, 5) is 0. The topological polar surface area (TPSA) is 0 Å². The Morgan fingerprint density at radius 2 is 1.67 bits per heavy atom. The highest BCUT2D eigenvalue weighted by Gasteiger charge is 2.48. The molecule has 0 radical (unpaired) electrons. The van der Waals surface area contributed by atoms with Crippen molar-refractivity contribution >= 4 is 0 Å². The maximum atomic E-state index is 2.51. The van der Waals surface area contributed by atoms with Crippen LogP contribution in [0.5, 0.6) is 0 Å². The molecule has 0 aromatic rings. The van der Waals surface area contributed by atoms with E-state index in [-0.39, 0.29) is 0 Å². The van der Waals surface area contributed by atoms with E-state index in [0.29, 0.717) is 0 Å². The van der Waals surface area contributed by atoms with Gasteiger partial charge < -0.3 is 0 Å². The lowest BCUT2D eigenvalue weighted by Crippen LogP contribution is -2.01. The zero-order valence-electron chi connectivity index (χ0n) is 11.5. The van der Waals surface area contributed by atoms with Crippen LogP contribution in [0.4, 0.5) is 0 Å². The van der Waals surface area contributed by atoms with Gasteiger partial charge in [-0.3, -0.25) is 0 Å². The van der Waals surface area contributed by atoms with Gasteiger partial charge in [0.1, 0.15) is 0 Å². The van der Waals surface area contributed by atoms with Crippen molar-refractivity contribution < 1.29 is 0 Å². The van der Waals surface area contributed by atoms with E-state index in [1.165, 1.54) is 38.5 Å². The lowest BCUT2D eigenvalue weighted by Gasteiger charge is -2.13. The Hall–Kier alpha value is 0. The lowest BCUT2D eigenvalue weighted by molar-refractivity contribution is 0.390. The Morgan fingerprint density at radius 3 is 2.20 bits per heavy atom. The van der Waals surface area contributed by atoms with Crippen LogP contribution >= 0.6 is 0 Å². The lowest BCUT2D eigenvalue weighted by atomic mass is 9.93. The summed E-state index contributed by atoms with van der Waals surface area (Å²) in [6.45, 7) is 11.9. The van der Waals surface area contributed by atoms with Crippen molar-refractivity contribution in [3.05, 3.63) is 0 Å². The van der Waals surface area contributed by atoms with E-state index in [4.69, 9.17) is 0 Å². The van der Waals surface area contributed by atoms with Crippen LogP contribution in [0.15, 0.2) is 0 Å². The molecule has 2 unspecified atom stereocenters. The molecule has 0 bridgehead atoms. The minimum Gasteiger partial charge on any atom is -0.0628 e. The van der Waals surface area contributed by atoms with E-state index >= 15 is 0 Å². The zero-order valence-corrected chi connectivity index (χ0v) is 11.5. The van der Waals surface area contributed by atoms with Crippen molar-refractivity contribution in [2.24, 2.45) is 23.2 Å². The van der Waals surface area contributed by atoms with Crippen molar-refractivity contribution in [2.45, 2.75) is 73.1 Å². The molecule has 2 atom stereocenters. The molecule has 1 aliphatic carbocycles. The summed E-state index contributed by atoms with van der Waals surface area (Å²) in [6.07, 6.45) is 8.78.